The Morgan fingerprint density at radius 2 is 0.750 bits per heavy atom. The van der Waals surface area contributed by atoms with Crippen molar-refractivity contribution in [1.82, 2.24) is 0 Å². The van der Waals surface area contributed by atoms with Crippen molar-refractivity contribution in [3.8, 4) is 0 Å². The molecule has 24 heavy (non-hydrogen) atoms. The molecule has 0 spiro atoms. The Bertz CT molecular complexity index is 224. The van der Waals surface area contributed by atoms with Gasteiger partial charge in [-0.2, -0.15) is 0 Å². The molecule has 0 unspecified atom stereocenters. The first-order valence-corrected chi connectivity index (χ1v) is 11.4. The van der Waals surface area contributed by atoms with Crippen LogP contribution in [0.15, 0.2) is 0 Å². The van der Waals surface area contributed by atoms with Gasteiger partial charge in [0.15, 0.2) is 0 Å². The molecule has 146 valence electrons. The minimum Gasteiger partial charge on any atom is -0.330 e. The van der Waals surface area contributed by atoms with Gasteiger partial charge in [0.2, 0.25) is 0 Å². The molecule has 0 aliphatic rings. The van der Waals surface area contributed by atoms with E-state index in [-0.39, 0.29) is 0 Å². The van der Waals surface area contributed by atoms with E-state index in [1.807, 2.05) is 0 Å². The molecular weight excluding hydrogens is 290 g/mol. The van der Waals surface area contributed by atoms with E-state index in [4.69, 9.17) is 5.73 Å². The molecule has 2 N–H and O–H groups in total. The number of unbranched alkanes of at least 4 members (excludes halogenated alkanes) is 12. The van der Waals surface area contributed by atoms with Crippen LogP contribution in [-0.2, 0) is 0 Å². The molecule has 0 amide bonds. The van der Waals surface area contributed by atoms with Gasteiger partial charge in [-0.15, -0.1) is 0 Å². The molecule has 0 fully saturated rings. The second-order valence-electron chi connectivity index (χ2n) is 8.20. The van der Waals surface area contributed by atoms with E-state index >= 15 is 0 Å². The average Bonchev–Trinajstić information content (AvgIpc) is 2.61. The standard InChI is InChI=1S/C23H49N/c1-4-7-10-13-14-15-18-21-23(22-24,19-16-11-8-5-2)20-17-12-9-6-3/h4-22,24H2,1-3H3. The lowest BCUT2D eigenvalue weighted by atomic mass is 9.74. The summed E-state index contributed by atoms with van der Waals surface area (Å²) in [4.78, 5) is 0. The average molecular weight is 340 g/mol. The lowest BCUT2D eigenvalue weighted by Crippen LogP contribution is -2.30. The molecule has 0 heterocycles. The van der Waals surface area contributed by atoms with Crippen molar-refractivity contribution in [3.05, 3.63) is 0 Å². The van der Waals surface area contributed by atoms with Crippen LogP contribution in [0.25, 0.3) is 0 Å². The summed E-state index contributed by atoms with van der Waals surface area (Å²) in [6, 6.07) is 0. The van der Waals surface area contributed by atoms with E-state index in [1.165, 1.54) is 116 Å². The maximum atomic E-state index is 6.32. The highest BCUT2D eigenvalue weighted by Crippen LogP contribution is 2.36. The van der Waals surface area contributed by atoms with Crippen molar-refractivity contribution >= 4 is 0 Å². The number of rotatable bonds is 19. The van der Waals surface area contributed by atoms with E-state index < -0.39 is 0 Å². The van der Waals surface area contributed by atoms with E-state index in [1.54, 1.807) is 0 Å². The fourth-order valence-corrected chi connectivity index (χ4v) is 3.99. The van der Waals surface area contributed by atoms with Gasteiger partial charge in [0.1, 0.15) is 0 Å². The summed E-state index contributed by atoms with van der Waals surface area (Å²) in [6.45, 7) is 7.83. The fourth-order valence-electron chi connectivity index (χ4n) is 3.99. The molecule has 0 aliphatic carbocycles. The van der Waals surface area contributed by atoms with Crippen LogP contribution in [0, 0.1) is 5.41 Å². The highest BCUT2D eigenvalue weighted by atomic mass is 14.6. The SMILES string of the molecule is CCCCCCCCCC(CN)(CCCCCC)CCCCCC. The van der Waals surface area contributed by atoms with Crippen molar-refractivity contribution in [3.63, 3.8) is 0 Å². The number of hydrogen-bond donors (Lipinski definition) is 1. The maximum absolute atomic E-state index is 6.32. The van der Waals surface area contributed by atoms with Crippen LogP contribution in [0.3, 0.4) is 0 Å². The third-order valence-corrected chi connectivity index (χ3v) is 5.86. The zero-order chi connectivity index (χ0) is 17.9. The molecule has 0 aromatic heterocycles. The third-order valence-electron chi connectivity index (χ3n) is 5.86. The topological polar surface area (TPSA) is 26.0 Å². The molecule has 0 radical (unpaired) electrons. The van der Waals surface area contributed by atoms with Crippen LogP contribution >= 0.6 is 0 Å². The van der Waals surface area contributed by atoms with Crippen LogP contribution in [0.2, 0.25) is 0 Å². The lowest BCUT2D eigenvalue weighted by molar-refractivity contribution is 0.204. The molecule has 0 aromatic carbocycles. The summed E-state index contributed by atoms with van der Waals surface area (Å²) in [5.41, 5.74) is 6.78. The minimum atomic E-state index is 0.463. The summed E-state index contributed by atoms with van der Waals surface area (Å²) >= 11 is 0. The van der Waals surface area contributed by atoms with Crippen LogP contribution in [0.4, 0.5) is 0 Å². The summed E-state index contributed by atoms with van der Waals surface area (Å²) in [7, 11) is 0. The highest BCUT2D eigenvalue weighted by Gasteiger charge is 2.26. The molecule has 0 aliphatic heterocycles. The molecule has 1 heteroatoms. The Morgan fingerprint density at radius 1 is 0.458 bits per heavy atom. The van der Waals surface area contributed by atoms with Crippen molar-refractivity contribution in [2.45, 2.75) is 136 Å². The van der Waals surface area contributed by atoms with Gasteiger partial charge in [-0.1, -0.05) is 117 Å². The predicted octanol–water partition coefficient (Wildman–Crippen LogP) is 8.01. The third kappa shape index (κ3) is 13.3. The molecule has 0 rings (SSSR count). The summed E-state index contributed by atoms with van der Waals surface area (Å²) in [6.07, 6.45) is 25.1. The first-order chi connectivity index (χ1) is 11.7. The fraction of sp³-hybridized carbons (Fsp3) is 1.00. The van der Waals surface area contributed by atoms with Gasteiger partial charge in [0.25, 0.3) is 0 Å². The number of hydrogen-bond acceptors (Lipinski definition) is 1. The zero-order valence-corrected chi connectivity index (χ0v) is 17.5. The van der Waals surface area contributed by atoms with Crippen LogP contribution in [0.5, 0.6) is 0 Å². The maximum Gasteiger partial charge on any atom is -0.00205 e. The van der Waals surface area contributed by atoms with Crippen molar-refractivity contribution < 1.29 is 0 Å². The Morgan fingerprint density at radius 3 is 1.08 bits per heavy atom. The molecule has 0 saturated heterocycles. The summed E-state index contributed by atoms with van der Waals surface area (Å²) in [5.74, 6) is 0. The van der Waals surface area contributed by atoms with E-state index in [0.29, 0.717) is 5.41 Å². The van der Waals surface area contributed by atoms with Gasteiger partial charge in [0.05, 0.1) is 0 Å². The smallest absolute Gasteiger partial charge is 0.00205 e. The van der Waals surface area contributed by atoms with Gasteiger partial charge in [-0.3, -0.25) is 0 Å². The van der Waals surface area contributed by atoms with Gasteiger partial charge < -0.3 is 5.73 Å². The molecule has 0 saturated carbocycles. The van der Waals surface area contributed by atoms with E-state index in [2.05, 4.69) is 20.8 Å². The normalized spacial score (nSPS) is 12.0. The van der Waals surface area contributed by atoms with Crippen molar-refractivity contribution in [1.29, 1.82) is 0 Å². The quantitative estimate of drug-likeness (QED) is 0.237. The summed E-state index contributed by atoms with van der Waals surface area (Å²) in [5, 5.41) is 0. The van der Waals surface area contributed by atoms with Crippen molar-refractivity contribution in [2.75, 3.05) is 6.54 Å². The van der Waals surface area contributed by atoms with E-state index in [0.717, 1.165) is 6.54 Å². The van der Waals surface area contributed by atoms with Gasteiger partial charge >= 0.3 is 0 Å². The molecule has 0 bridgehead atoms. The first-order valence-electron chi connectivity index (χ1n) is 11.4. The van der Waals surface area contributed by atoms with Crippen LogP contribution in [-0.4, -0.2) is 6.54 Å². The van der Waals surface area contributed by atoms with Crippen molar-refractivity contribution in [2.24, 2.45) is 11.1 Å². The highest BCUT2D eigenvalue weighted by molar-refractivity contribution is 4.80. The minimum absolute atomic E-state index is 0.463. The summed E-state index contributed by atoms with van der Waals surface area (Å²) < 4.78 is 0. The van der Waals surface area contributed by atoms with Crippen LogP contribution in [0.1, 0.15) is 136 Å². The molecule has 1 nitrogen and oxygen atoms in total. The largest absolute Gasteiger partial charge is 0.330 e. The molecule has 0 atom stereocenters. The Labute approximate surface area is 154 Å². The second-order valence-corrected chi connectivity index (χ2v) is 8.20. The van der Waals surface area contributed by atoms with E-state index in [9.17, 15) is 0 Å². The predicted molar refractivity (Wildman–Crippen MR) is 112 cm³/mol. The first kappa shape index (κ1) is 24.0. The van der Waals surface area contributed by atoms with Gasteiger partial charge in [-0.25, -0.2) is 0 Å². The van der Waals surface area contributed by atoms with Gasteiger partial charge in [-0.05, 0) is 31.2 Å². The Kier molecular flexibility index (Phi) is 17.7. The lowest BCUT2D eigenvalue weighted by Gasteiger charge is -2.33. The monoisotopic (exact) mass is 339 g/mol. The number of nitrogens with two attached hydrogens (primary N) is 1. The van der Waals surface area contributed by atoms with Gasteiger partial charge in [0, 0.05) is 0 Å². The van der Waals surface area contributed by atoms with Crippen LogP contribution < -0.4 is 5.73 Å². The Balaban J connectivity index is 4.15. The second kappa shape index (κ2) is 17.8. The Hall–Kier alpha value is -0.0400. The molecule has 0 aromatic rings. The zero-order valence-electron chi connectivity index (χ0n) is 17.5. The molecular formula is C23H49N.